The van der Waals surface area contributed by atoms with Crippen LogP contribution < -0.4 is 52.8 Å². The van der Waals surface area contributed by atoms with Crippen LogP contribution in [-0.2, 0) is 20.4 Å². The van der Waals surface area contributed by atoms with Crippen LogP contribution in [0.1, 0.15) is 27.7 Å². The van der Waals surface area contributed by atoms with Gasteiger partial charge in [-0.05, 0) is 0 Å². The summed E-state index contributed by atoms with van der Waals surface area (Å²) < 4.78 is 1.44. The van der Waals surface area contributed by atoms with Crippen LogP contribution in [0.3, 0.4) is 0 Å². The molecular weight excluding hydrogens is 829 g/mol. The van der Waals surface area contributed by atoms with Gasteiger partial charge in [0.2, 0.25) is 0 Å². The van der Waals surface area contributed by atoms with E-state index in [9.17, 15) is 0 Å². The van der Waals surface area contributed by atoms with Gasteiger partial charge in [0.15, 0.2) is 0 Å². The van der Waals surface area contributed by atoms with Gasteiger partial charge in [0.25, 0.3) is 0 Å². The normalized spacial score (nSPS) is 15.4. The third kappa shape index (κ3) is 7.68. The molecule has 0 radical (unpaired) electrons. The maximum absolute atomic E-state index is 6.36. The molecule has 1 unspecified atom stereocenters. The minimum absolute atomic E-state index is 0. The molecule has 0 nitrogen and oxygen atoms in total. The third-order valence-electron chi connectivity index (χ3n) is 10.9. The molecule has 0 heterocycles. The average molecular weight is 865 g/mol. The standard InChI is InChI=1S/C45H36Cl3Si.3ClH.Ti/c1-30-29-45(4,32(3)31(30)2)49(42-11-5-8-36(26-42)33-14-20-39(46)21-15-33,43-12-6-9-37(27-43)34-16-22-40(47)23-17-34)44-13-7-10-38(28-44)35-18-24-41(48)25-19-35;;;;/h5-28H,1-4H3;3*1H;/q;;;;+3/p-3. The zero-order chi connectivity index (χ0) is 35.2. The van der Waals surface area contributed by atoms with Gasteiger partial charge in [0, 0.05) is 0 Å². The molecule has 0 saturated carbocycles. The fourth-order valence-electron chi connectivity index (χ4n) is 7.96. The van der Waals surface area contributed by atoms with E-state index in [1.165, 1.54) is 52.8 Å². The van der Waals surface area contributed by atoms with Crippen LogP contribution in [0.25, 0.3) is 33.4 Å². The molecule has 1 aliphatic carbocycles. The first-order valence-electron chi connectivity index (χ1n) is 16.7. The molecule has 0 fully saturated rings. The SMILES string of the molecule is CC1=C(C)C(C)([Si](c2cccc(-c3ccc(Cl)cc3)c2)(c2cccc(-c3ccc(Cl)cc3)c2)c2cccc(-c3ccc(Cl)cc3)c2)[C]([Ti+3])=C1C.[Cl-].[Cl-].[Cl-]. The quantitative estimate of drug-likeness (QED) is 0.171. The van der Waals surface area contributed by atoms with Crippen molar-refractivity contribution in [3.63, 3.8) is 0 Å². The molecule has 0 saturated heterocycles. The van der Waals surface area contributed by atoms with Crippen molar-refractivity contribution in [1.82, 2.24) is 0 Å². The Hall–Kier alpha value is -2.53. The second-order valence-corrected chi connectivity index (χ2v) is 19.7. The molecule has 1 atom stereocenters. The molecule has 0 aromatic heterocycles. The van der Waals surface area contributed by atoms with E-state index in [0.29, 0.717) is 0 Å². The van der Waals surface area contributed by atoms with Crippen LogP contribution in [-0.4, -0.2) is 8.07 Å². The smallest absolute Gasteiger partial charge is 1.00 e. The Balaban J connectivity index is 0.00000209. The molecule has 53 heavy (non-hydrogen) atoms. The minimum Gasteiger partial charge on any atom is -1.00 e. The molecule has 0 aliphatic heterocycles. The van der Waals surface area contributed by atoms with Gasteiger partial charge in [-0.25, -0.2) is 0 Å². The molecule has 1 aliphatic rings. The predicted octanol–water partition coefficient (Wildman–Crippen LogP) is 3.06. The Kier molecular flexibility index (Phi) is 14.3. The van der Waals surface area contributed by atoms with Crippen molar-refractivity contribution >= 4 is 58.4 Å². The molecule has 266 valence electrons. The first-order chi connectivity index (χ1) is 24.0. The predicted molar refractivity (Wildman–Crippen MR) is 215 cm³/mol. The summed E-state index contributed by atoms with van der Waals surface area (Å²) >= 11 is 21.4. The van der Waals surface area contributed by atoms with Gasteiger partial charge < -0.3 is 37.2 Å². The molecule has 8 heteroatoms. The Morgan fingerprint density at radius 3 is 1.00 bits per heavy atom. The molecule has 7 rings (SSSR count). The summed E-state index contributed by atoms with van der Waals surface area (Å²) in [6.45, 7) is 9.49. The first kappa shape index (κ1) is 43.2. The van der Waals surface area contributed by atoms with E-state index in [-0.39, 0.29) is 42.3 Å². The monoisotopic (exact) mass is 862 g/mol. The van der Waals surface area contributed by atoms with Gasteiger partial charge >= 0.3 is 326 Å². The zero-order valence-electron chi connectivity index (χ0n) is 29.6. The van der Waals surface area contributed by atoms with Crippen molar-refractivity contribution in [2.24, 2.45) is 0 Å². The number of allylic oxidation sites excluding steroid dienone is 4. The molecule has 6 aromatic rings. The summed E-state index contributed by atoms with van der Waals surface area (Å²) in [5.41, 5.74) is 11.2. The van der Waals surface area contributed by atoms with E-state index in [2.05, 4.69) is 157 Å². The molecule has 0 N–H and O–H groups in total. The van der Waals surface area contributed by atoms with Gasteiger partial charge in [0.05, 0.1) is 0 Å². The molecule has 6 aromatic carbocycles. The topological polar surface area (TPSA) is 0 Å². The van der Waals surface area contributed by atoms with Crippen molar-refractivity contribution in [2.75, 3.05) is 0 Å². The minimum atomic E-state index is -3.04. The summed E-state index contributed by atoms with van der Waals surface area (Å²) in [4.78, 5) is 0. The van der Waals surface area contributed by atoms with E-state index in [4.69, 9.17) is 34.8 Å². The van der Waals surface area contributed by atoms with Crippen LogP contribution >= 0.6 is 34.8 Å². The van der Waals surface area contributed by atoms with E-state index in [1.54, 1.807) is 0 Å². The molecule has 0 amide bonds. The fourth-order valence-corrected chi connectivity index (χ4v) is 16.0. The van der Waals surface area contributed by atoms with E-state index in [1.807, 2.05) is 36.4 Å². The van der Waals surface area contributed by atoms with Gasteiger partial charge in [0.1, 0.15) is 0 Å². The van der Waals surface area contributed by atoms with Gasteiger partial charge in [-0.2, -0.15) is 0 Å². The van der Waals surface area contributed by atoms with Crippen LogP contribution in [0, 0.1) is 0 Å². The summed E-state index contributed by atoms with van der Waals surface area (Å²) in [5.74, 6) is 0. The summed E-state index contributed by atoms with van der Waals surface area (Å²) in [5, 5.41) is 5.99. The average Bonchev–Trinajstić information content (AvgIpc) is 3.29. The Labute approximate surface area is 360 Å². The Morgan fingerprint density at radius 1 is 0.434 bits per heavy atom. The maximum atomic E-state index is 6.36. The van der Waals surface area contributed by atoms with E-state index < -0.39 is 8.07 Å². The van der Waals surface area contributed by atoms with Crippen LogP contribution in [0.15, 0.2) is 166 Å². The summed E-state index contributed by atoms with van der Waals surface area (Å²) in [7, 11) is -3.04. The number of hydrogen-bond donors (Lipinski definition) is 0. The third-order valence-corrected chi connectivity index (χ3v) is 19.1. The summed E-state index contributed by atoms with van der Waals surface area (Å²) in [6.07, 6.45) is 0. The zero-order valence-corrected chi connectivity index (χ0v) is 36.7. The van der Waals surface area contributed by atoms with Crippen LogP contribution in [0.5, 0.6) is 0 Å². The number of benzene rings is 6. The Bertz CT molecular complexity index is 2060. The van der Waals surface area contributed by atoms with Gasteiger partial charge in [-0.15, -0.1) is 0 Å². The first-order valence-corrected chi connectivity index (χ1v) is 20.7. The molecule has 0 bridgehead atoms. The van der Waals surface area contributed by atoms with Gasteiger partial charge in [-0.3, -0.25) is 0 Å². The Morgan fingerprint density at radius 2 is 0.736 bits per heavy atom. The van der Waals surface area contributed by atoms with E-state index >= 15 is 0 Å². The largest absolute Gasteiger partial charge is 1.00 e. The maximum Gasteiger partial charge on any atom is -1.00 e. The number of rotatable bonds is 7. The van der Waals surface area contributed by atoms with E-state index in [0.717, 1.165) is 31.8 Å². The number of halogens is 6. The van der Waals surface area contributed by atoms with Crippen LogP contribution in [0.2, 0.25) is 20.1 Å². The molecule has 0 spiro atoms. The fraction of sp³-hybridized carbons (Fsp3) is 0.111. The molecular formula is C45H36Cl6SiTi. The van der Waals surface area contributed by atoms with Crippen molar-refractivity contribution in [1.29, 1.82) is 0 Å². The van der Waals surface area contributed by atoms with Crippen molar-refractivity contribution < 1.29 is 57.7 Å². The van der Waals surface area contributed by atoms with Crippen molar-refractivity contribution in [3.05, 3.63) is 181 Å². The van der Waals surface area contributed by atoms with Gasteiger partial charge in [-0.1, -0.05) is 0 Å². The number of hydrogen-bond acceptors (Lipinski definition) is 0. The van der Waals surface area contributed by atoms with Crippen LogP contribution in [0.4, 0.5) is 0 Å². The second-order valence-electron chi connectivity index (χ2n) is 13.4. The van der Waals surface area contributed by atoms with Crippen molar-refractivity contribution in [3.8, 4) is 33.4 Å². The van der Waals surface area contributed by atoms with Crippen molar-refractivity contribution in [2.45, 2.75) is 32.7 Å². The summed E-state index contributed by atoms with van der Waals surface area (Å²) in [6, 6.07) is 52.5. The second kappa shape index (κ2) is 17.5.